The smallest absolute Gasteiger partial charge is 0.426 e. The summed E-state index contributed by atoms with van der Waals surface area (Å²) in [6.07, 6.45) is -2.82. The molecule has 6 aromatic rings. The average molecular weight is 1710 g/mol. The number of halogens is 4. The first kappa shape index (κ1) is 98.3. The Bertz CT molecular complexity index is 4420. The lowest BCUT2D eigenvalue weighted by Crippen LogP contribution is -2.61. The first-order chi connectivity index (χ1) is 55.7. The second kappa shape index (κ2) is 40.0. The number of ether oxygens (including phenoxy) is 9. The van der Waals surface area contributed by atoms with E-state index in [0.717, 1.165) is 30.6 Å². The summed E-state index contributed by atoms with van der Waals surface area (Å²) >= 11 is 0. The van der Waals surface area contributed by atoms with Crippen LogP contribution in [0.3, 0.4) is 0 Å². The minimum atomic E-state index is -5.27. The number of phenolic OH excluding ortho intramolecular Hbond substituents is 1. The summed E-state index contributed by atoms with van der Waals surface area (Å²) in [6, 6.07) is 51.4. The Labute approximate surface area is 708 Å². The van der Waals surface area contributed by atoms with Gasteiger partial charge in [0.2, 0.25) is 6.10 Å². The molecule has 6 aromatic carbocycles. The fraction of sp³-hybridized carbons (Fsp3) is 0.543. The van der Waals surface area contributed by atoms with Crippen LogP contribution < -0.4 is 14.2 Å². The standard InChI is InChI=1S/C20H29F3O7S.C18H15S.C16H24O3.C15H21FO2.C13H18O5.C12H16O3/c1-4-17(2,3)15(24)30-19-8-12-5-13(9-19)7-18(6-12,11-19)16(25)29-14(20(21,22)23)10-31(26,27)28;1-4-10-16(11-5-1)19(17-12-6-2-7-13-17)18-14-8-3-9-15-18;1-7-16(5,6)14(17)18-12-8-10-13(11-9-12)19-15(2,3)4;1-6-14(2,3)13(17)18-15(4,5)11-7-9-12(16)10-8-11;1-4-13(2,3)12(15)18-9-7-5-6-8(16-7)10(9)17-11(6)14;1-4-12(2,3)11(14)15-10-7-5-9(13)6-8-10/h12-14H,4-11H2,1-3H3,(H,26,27,28);1-15H;8-11H,7H2,1-6H3;7-10H,6H2,1-5H3;6-10H,4-5H2,1-3H3;5-8,13H,4H2,1-3H3/q;+1;;;;/p-1. The molecule has 8 unspecified atom stereocenters. The molecule has 6 bridgehead atoms. The molecule has 3 aliphatic heterocycles. The third-order valence-corrected chi connectivity index (χ3v) is 26.2. The lowest BCUT2D eigenvalue weighted by molar-refractivity contribution is -0.239. The van der Waals surface area contributed by atoms with Crippen LogP contribution in [0, 0.1) is 56.1 Å². The predicted octanol–water partition coefficient (Wildman–Crippen LogP) is 20.1. The zero-order valence-corrected chi connectivity index (χ0v) is 74.6. The summed E-state index contributed by atoms with van der Waals surface area (Å²) < 4.78 is 134. The Morgan fingerprint density at radius 1 is 0.533 bits per heavy atom. The molecule has 4 saturated carbocycles. The number of rotatable bonds is 24. The molecule has 7 fully saturated rings. The monoisotopic (exact) mass is 1710 g/mol. The highest BCUT2D eigenvalue weighted by atomic mass is 32.2. The molecule has 0 radical (unpaired) electrons. The van der Waals surface area contributed by atoms with Crippen molar-refractivity contribution < 1.29 is 112 Å². The SMILES string of the molecule is CCC(C)(C)C(=O)OC(C)(C)c1ccc(F)cc1.CCC(C)(C)C(=O)OC12CC3CC(C1)CC(C(=O)OC(CS(=O)(=O)[O-])C(F)(F)F)(C3)C2.CCC(C)(C)C(=O)OC1C2CC3C(=O)OC1C3O2.CCC(C)(C)C(=O)Oc1ccc(O)cc1.CCC(C)(C)C(=O)Oc1ccc(OC(C)(C)C)cc1.c1ccc([S+](c2ccccc2)c2ccccc2)cc1. The molecule has 658 valence electrons. The minimum absolute atomic E-state index is 0.00100. The predicted molar refractivity (Wildman–Crippen MR) is 447 cm³/mol. The Balaban J connectivity index is 0.000000202. The number of carbonyl (C=O) groups is 7. The maximum Gasteiger partial charge on any atom is 0.426 e. The van der Waals surface area contributed by atoms with Crippen molar-refractivity contribution in [1.29, 1.82) is 0 Å². The third-order valence-electron chi connectivity index (χ3n) is 23.3. The van der Waals surface area contributed by atoms with E-state index in [1.165, 1.54) is 39.0 Å². The number of esters is 7. The molecular weight excluding hydrogens is 1590 g/mol. The normalized spacial score (nSPS) is 21.7. The van der Waals surface area contributed by atoms with E-state index in [4.69, 9.17) is 43.0 Å². The second-order valence-electron chi connectivity index (χ2n) is 36.5. The zero-order chi connectivity index (χ0) is 89.6. The first-order valence-corrected chi connectivity index (χ1v) is 43.9. The van der Waals surface area contributed by atoms with Gasteiger partial charge >= 0.3 is 48.0 Å². The van der Waals surface area contributed by atoms with E-state index < -0.39 is 96.0 Å². The van der Waals surface area contributed by atoms with Crippen molar-refractivity contribution in [3.8, 4) is 23.0 Å². The van der Waals surface area contributed by atoms with Gasteiger partial charge in [0.25, 0.3) is 0 Å². The number of aromatic hydroxyl groups is 1. The van der Waals surface area contributed by atoms with Crippen LogP contribution in [0.5, 0.6) is 23.0 Å². The van der Waals surface area contributed by atoms with Crippen molar-refractivity contribution in [2.24, 2.45) is 50.2 Å². The molecule has 0 spiro atoms. The second-order valence-corrected chi connectivity index (χ2v) is 40.0. The maximum absolute atomic E-state index is 13.3. The van der Waals surface area contributed by atoms with Crippen molar-refractivity contribution in [3.63, 3.8) is 0 Å². The Morgan fingerprint density at radius 3 is 1.36 bits per heavy atom. The lowest BCUT2D eigenvalue weighted by Gasteiger charge is -2.60. The Hall–Kier alpha value is -8.85. The van der Waals surface area contributed by atoms with E-state index in [9.17, 15) is 64.1 Å². The van der Waals surface area contributed by atoms with Gasteiger partial charge in [-0.2, -0.15) is 13.2 Å². The first-order valence-electron chi connectivity index (χ1n) is 41.1. The average Bonchev–Trinajstić information content (AvgIpc) is 0.952. The molecule has 20 nitrogen and oxygen atoms in total. The van der Waals surface area contributed by atoms with Gasteiger partial charge < -0.3 is 52.3 Å². The topological polar surface area (TPSA) is 280 Å². The molecule has 3 saturated heterocycles. The molecular formula is C94H122F4O20S2. The van der Waals surface area contributed by atoms with Crippen LogP contribution in [0.2, 0.25) is 0 Å². The molecule has 0 aromatic heterocycles. The van der Waals surface area contributed by atoms with Gasteiger partial charge in [-0.15, -0.1) is 0 Å². The third kappa shape index (κ3) is 26.8. The molecule has 8 atom stereocenters. The number of alkyl halides is 3. The van der Waals surface area contributed by atoms with Gasteiger partial charge in [-0.05, 0) is 289 Å². The van der Waals surface area contributed by atoms with Crippen LogP contribution in [-0.2, 0) is 88.6 Å². The summed E-state index contributed by atoms with van der Waals surface area (Å²) in [6.45, 7) is 37.6. The summed E-state index contributed by atoms with van der Waals surface area (Å²) in [7, 11) is -5.29. The fourth-order valence-corrected chi connectivity index (χ4v) is 16.9. The van der Waals surface area contributed by atoms with Crippen molar-refractivity contribution in [2.45, 2.75) is 284 Å². The summed E-state index contributed by atoms with van der Waals surface area (Å²) in [4.78, 5) is 89.0. The van der Waals surface area contributed by atoms with Gasteiger partial charge in [-0.25, -0.2) is 12.8 Å². The molecule has 3 heterocycles. The van der Waals surface area contributed by atoms with Crippen LogP contribution in [0.15, 0.2) is 178 Å². The van der Waals surface area contributed by atoms with Gasteiger partial charge in [-0.3, -0.25) is 33.6 Å². The van der Waals surface area contributed by atoms with Crippen LogP contribution >= 0.6 is 0 Å². The highest BCUT2D eigenvalue weighted by Gasteiger charge is 2.66. The van der Waals surface area contributed by atoms with Crippen LogP contribution in [-0.4, -0.2) is 114 Å². The number of benzene rings is 6. The fourth-order valence-electron chi connectivity index (χ4n) is 14.2. The number of hydrogen-bond acceptors (Lipinski definition) is 20. The number of hydrogen-bond donors (Lipinski definition) is 1. The minimum Gasteiger partial charge on any atom is -0.748 e. The van der Waals surface area contributed by atoms with Gasteiger partial charge in [0.1, 0.15) is 51.7 Å². The van der Waals surface area contributed by atoms with Gasteiger partial charge in [0.05, 0.1) is 71.3 Å². The quantitative estimate of drug-likeness (QED) is 0.0147. The molecule has 26 heteroatoms. The Kier molecular flexibility index (Phi) is 32.7. The molecule has 120 heavy (non-hydrogen) atoms. The molecule has 0 amide bonds. The zero-order valence-electron chi connectivity index (χ0n) is 72.9. The van der Waals surface area contributed by atoms with Crippen LogP contribution in [0.4, 0.5) is 17.6 Å². The van der Waals surface area contributed by atoms with E-state index in [-0.39, 0.29) is 94.3 Å². The van der Waals surface area contributed by atoms with Crippen molar-refractivity contribution >= 4 is 62.8 Å². The van der Waals surface area contributed by atoms with Crippen LogP contribution in [0.1, 0.15) is 221 Å². The van der Waals surface area contributed by atoms with Crippen LogP contribution in [0.25, 0.3) is 0 Å². The van der Waals surface area contributed by atoms with E-state index in [2.05, 4.69) is 95.7 Å². The van der Waals surface area contributed by atoms with E-state index in [1.807, 2.05) is 137 Å². The number of carbonyl (C=O) groups excluding carboxylic acids is 7. The molecule has 13 rings (SSSR count). The van der Waals surface area contributed by atoms with Gasteiger partial charge in [0.15, 0.2) is 26.9 Å². The maximum atomic E-state index is 13.3. The Morgan fingerprint density at radius 2 is 0.942 bits per heavy atom. The van der Waals surface area contributed by atoms with E-state index in [1.54, 1.807) is 50.2 Å². The number of phenols is 1. The van der Waals surface area contributed by atoms with Crippen molar-refractivity contribution in [3.05, 3.63) is 175 Å². The number of fused-ring (bicyclic) bond motifs is 1. The highest BCUT2D eigenvalue weighted by molar-refractivity contribution is 7.97. The van der Waals surface area contributed by atoms with Crippen molar-refractivity contribution in [1.82, 2.24) is 0 Å². The molecule has 1 N–H and O–H groups in total. The molecule has 4 aliphatic carbocycles. The van der Waals surface area contributed by atoms with Gasteiger partial charge in [0, 0.05) is 6.42 Å². The summed E-state index contributed by atoms with van der Waals surface area (Å²) in [5.41, 5.74) is -5.11. The highest BCUT2D eigenvalue weighted by Crippen LogP contribution is 2.64. The largest absolute Gasteiger partial charge is 0.748 e. The van der Waals surface area contributed by atoms with Gasteiger partial charge in [-0.1, -0.05) is 101 Å². The van der Waals surface area contributed by atoms with Crippen molar-refractivity contribution in [2.75, 3.05) is 5.75 Å². The molecule has 7 aliphatic rings. The summed E-state index contributed by atoms with van der Waals surface area (Å²) in [5.74, 6) is -3.11. The summed E-state index contributed by atoms with van der Waals surface area (Å²) in [5, 5.41) is 9.06. The van der Waals surface area contributed by atoms with E-state index >= 15 is 0 Å². The lowest BCUT2D eigenvalue weighted by atomic mass is 9.48. The van der Waals surface area contributed by atoms with E-state index in [0.29, 0.717) is 62.9 Å².